The molecule has 0 spiro atoms. The fourth-order valence-electron chi connectivity index (χ4n) is 3.45. The third-order valence-electron chi connectivity index (χ3n) is 5.81. The van der Waals surface area contributed by atoms with Crippen LogP contribution in [0.1, 0.15) is 25.7 Å². The number of nitrogens with one attached hydrogen (secondary N) is 2. The van der Waals surface area contributed by atoms with Gasteiger partial charge in [-0.1, -0.05) is 0 Å². The summed E-state index contributed by atoms with van der Waals surface area (Å²) in [5.74, 6) is -3.34. The van der Waals surface area contributed by atoms with Gasteiger partial charge in [0.25, 0.3) is 0 Å². The fourth-order valence-corrected chi connectivity index (χ4v) is 4.56. The number of nitro groups is 2. The molecule has 190 valence electrons. The first-order valence-corrected chi connectivity index (χ1v) is 11.4. The Morgan fingerprint density at radius 3 is 2.18 bits per heavy atom. The molecule has 6 N–H and O–H groups in total. The molecule has 17 heteroatoms. The lowest BCUT2D eigenvalue weighted by Gasteiger charge is -2.36. The third-order valence-corrected chi connectivity index (χ3v) is 6.83. The molecule has 0 aromatic carbocycles. The number of hydrogen-bond donors (Lipinski definition) is 5. The number of thioether (sulfide) groups is 1. The Hall–Kier alpha value is -3.05. The second-order valence-corrected chi connectivity index (χ2v) is 9.30. The molecule has 2 fully saturated rings. The second-order valence-electron chi connectivity index (χ2n) is 8.27. The van der Waals surface area contributed by atoms with Crippen molar-refractivity contribution < 1.29 is 39.2 Å². The lowest BCUT2D eigenvalue weighted by molar-refractivity contribution is -0.809. The molecule has 2 unspecified atom stereocenters. The molecule has 16 nitrogen and oxygen atoms in total. The van der Waals surface area contributed by atoms with Gasteiger partial charge < -0.3 is 26.2 Å². The Labute approximate surface area is 196 Å². The van der Waals surface area contributed by atoms with Crippen LogP contribution in [0, 0.1) is 20.2 Å². The van der Waals surface area contributed by atoms with Crippen molar-refractivity contribution in [3.8, 4) is 0 Å². The summed E-state index contributed by atoms with van der Waals surface area (Å²) in [6, 6.07) is -1.80. The monoisotopic (exact) mass is 506 g/mol. The number of amides is 2. The van der Waals surface area contributed by atoms with Gasteiger partial charge in [0, 0.05) is 17.7 Å². The molecular formula is C17H26N6O10S. The molecule has 1 heterocycles. The number of nitrogens with zero attached hydrogens (tertiary/aromatic N) is 3. The summed E-state index contributed by atoms with van der Waals surface area (Å²) in [4.78, 5) is 67.3. The van der Waals surface area contributed by atoms with Crippen LogP contribution in [0.5, 0.6) is 0 Å². The number of hydrogen-bond acceptors (Lipinski definition) is 11. The van der Waals surface area contributed by atoms with Crippen molar-refractivity contribution >= 4 is 35.5 Å². The topological polar surface area (TPSA) is 248 Å². The van der Waals surface area contributed by atoms with E-state index >= 15 is 0 Å². The Morgan fingerprint density at radius 1 is 1.12 bits per heavy atom. The van der Waals surface area contributed by atoms with Gasteiger partial charge in [0.05, 0.1) is 18.3 Å². The largest absolute Gasteiger partial charge is 0.492 e. The first-order valence-electron chi connectivity index (χ1n) is 10.2. The number of likely N-dealkylation sites (tertiary alicyclic amines) is 1. The van der Waals surface area contributed by atoms with Crippen LogP contribution >= 0.6 is 11.8 Å². The molecule has 2 amide bonds. The lowest BCUT2D eigenvalue weighted by atomic mass is 10.0. The Morgan fingerprint density at radius 2 is 1.71 bits per heavy atom. The molecule has 1 aliphatic carbocycles. The van der Waals surface area contributed by atoms with Gasteiger partial charge >= 0.3 is 17.6 Å². The second kappa shape index (κ2) is 10.9. The zero-order valence-electron chi connectivity index (χ0n) is 18.0. The maximum Gasteiger partial charge on any atom is 0.492 e. The fraction of sp³-hybridized carbons (Fsp3) is 0.765. The number of carbonyl (C=O) groups excluding carboxylic acids is 2. The minimum Gasteiger partial charge on any atom is -0.480 e. The van der Waals surface area contributed by atoms with Gasteiger partial charge in [-0.05, 0) is 19.3 Å². The molecule has 0 aromatic heterocycles. The van der Waals surface area contributed by atoms with E-state index in [0.29, 0.717) is 12.8 Å². The molecule has 2 rings (SSSR count). The molecule has 0 aromatic rings. The number of carbonyl (C=O) groups is 4. The van der Waals surface area contributed by atoms with Crippen LogP contribution in [0.2, 0.25) is 0 Å². The summed E-state index contributed by atoms with van der Waals surface area (Å²) in [7, 11) is 0. The van der Waals surface area contributed by atoms with E-state index in [0.717, 1.165) is 16.7 Å². The van der Waals surface area contributed by atoms with Crippen LogP contribution in [-0.4, -0.2) is 103 Å². The van der Waals surface area contributed by atoms with Crippen molar-refractivity contribution in [1.29, 1.82) is 0 Å². The molecule has 34 heavy (non-hydrogen) atoms. The predicted molar refractivity (Wildman–Crippen MR) is 115 cm³/mol. The van der Waals surface area contributed by atoms with Gasteiger partial charge in [0.1, 0.15) is 15.9 Å². The Bertz CT molecular complexity index is 844. The van der Waals surface area contributed by atoms with Gasteiger partial charge in [0.15, 0.2) is 13.1 Å². The van der Waals surface area contributed by atoms with E-state index < -0.39 is 70.0 Å². The number of rotatable bonds is 15. The van der Waals surface area contributed by atoms with E-state index in [9.17, 15) is 39.4 Å². The van der Waals surface area contributed by atoms with E-state index in [4.69, 9.17) is 15.9 Å². The number of nitrogens with two attached hydrogens (primary N) is 1. The smallest absolute Gasteiger partial charge is 0.480 e. The highest BCUT2D eigenvalue weighted by Crippen LogP contribution is 2.40. The molecule has 2 atom stereocenters. The van der Waals surface area contributed by atoms with Crippen LogP contribution < -0.4 is 16.4 Å². The van der Waals surface area contributed by atoms with E-state index in [1.807, 2.05) is 0 Å². The van der Waals surface area contributed by atoms with Crippen LogP contribution in [0.25, 0.3) is 0 Å². The minimum absolute atomic E-state index is 0.0985. The van der Waals surface area contributed by atoms with Crippen molar-refractivity contribution in [2.75, 3.05) is 31.1 Å². The van der Waals surface area contributed by atoms with Crippen LogP contribution in [-0.2, 0) is 19.2 Å². The first kappa shape index (κ1) is 27.2. The molecule has 0 radical (unpaired) electrons. The van der Waals surface area contributed by atoms with Crippen molar-refractivity contribution in [3.05, 3.63) is 20.2 Å². The van der Waals surface area contributed by atoms with Gasteiger partial charge in [-0.3, -0.25) is 44.7 Å². The van der Waals surface area contributed by atoms with Crippen LogP contribution in [0.15, 0.2) is 0 Å². The summed E-state index contributed by atoms with van der Waals surface area (Å²) >= 11 is 1.08. The van der Waals surface area contributed by atoms with Crippen molar-refractivity contribution in [2.45, 2.75) is 49.0 Å². The first-order chi connectivity index (χ1) is 15.8. The molecule has 1 aliphatic heterocycles. The highest BCUT2D eigenvalue weighted by molar-refractivity contribution is 8.00. The SMILES string of the molecule is NC(CCC(=O)NC(CSCC(=O)N1CC([N+](=O)[O-])([N+](=O)[O-])C1)C1(NCC(=O)O)CC1)C(=O)O. The maximum absolute atomic E-state index is 12.3. The third kappa shape index (κ3) is 6.51. The highest BCUT2D eigenvalue weighted by atomic mass is 32.2. The molecule has 1 saturated heterocycles. The molecule has 1 saturated carbocycles. The van der Waals surface area contributed by atoms with Gasteiger partial charge in [-0.25, -0.2) is 0 Å². The van der Waals surface area contributed by atoms with Crippen LogP contribution in [0.3, 0.4) is 0 Å². The van der Waals surface area contributed by atoms with E-state index in [-0.39, 0.29) is 30.9 Å². The quantitative estimate of drug-likeness (QED) is 0.0891. The molecule has 2 aliphatic rings. The Balaban J connectivity index is 1.92. The van der Waals surface area contributed by atoms with Gasteiger partial charge in [-0.2, -0.15) is 0 Å². The molecular weight excluding hydrogens is 480 g/mol. The van der Waals surface area contributed by atoms with E-state index in [2.05, 4.69) is 10.6 Å². The van der Waals surface area contributed by atoms with Gasteiger partial charge in [0.2, 0.25) is 11.8 Å². The number of carboxylic acids is 2. The highest BCUT2D eigenvalue weighted by Gasteiger charge is 2.67. The maximum atomic E-state index is 12.3. The zero-order chi connectivity index (χ0) is 25.7. The standard InChI is InChI=1S/C17H26N6O10S/c18-10(15(28)29)1-2-12(24)20-11(16(3-4-16)19-5-14(26)27)6-34-7-13(25)21-8-17(9-21,22(30)31)23(32)33/h10-11,19H,1-9,18H2,(H,20,24)(H,26,27)(H,28,29). The normalized spacial score (nSPS) is 19.3. The lowest BCUT2D eigenvalue weighted by Crippen LogP contribution is -2.71. The predicted octanol–water partition coefficient (Wildman–Crippen LogP) is -2.30. The number of aliphatic carboxylic acids is 2. The van der Waals surface area contributed by atoms with E-state index in [1.54, 1.807) is 0 Å². The molecule has 0 bridgehead atoms. The van der Waals surface area contributed by atoms with Gasteiger partial charge in [-0.15, -0.1) is 11.8 Å². The number of carboxylic acid groups (broad SMARTS) is 2. The Kier molecular flexibility index (Phi) is 8.73. The summed E-state index contributed by atoms with van der Waals surface area (Å²) in [6.07, 6.45) is 0.863. The average Bonchev–Trinajstić information content (AvgIpc) is 3.49. The summed E-state index contributed by atoms with van der Waals surface area (Å²) < 4.78 is 0. The summed E-state index contributed by atoms with van der Waals surface area (Å²) in [5.41, 5.74) is 2.30. The van der Waals surface area contributed by atoms with E-state index in [1.165, 1.54) is 0 Å². The van der Waals surface area contributed by atoms with Crippen molar-refractivity contribution in [2.24, 2.45) is 5.73 Å². The van der Waals surface area contributed by atoms with Crippen LogP contribution in [0.4, 0.5) is 0 Å². The minimum atomic E-state index is -2.40. The van der Waals surface area contributed by atoms with Crippen molar-refractivity contribution in [1.82, 2.24) is 15.5 Å². The van der Waals surface area contributed by atoms with Crippen molar-refractivity contribution in [3.63, 3.8) is 0 Å². The summed E-state index contributed by atoms with van der Waals surface area (Å²) in [6.45, 7) is -1.63. The average molecular weight is 506 g/mol. The zero-order valence-corrected chi connectivity index (χ0v) is 18.8. The summed E-state index contributed by atoms with van der Waals surface area (Å²) in [5, 5.41) is 45.4.